The van der Waals surface area contributed by atoms with Crippen LogP contribution in [0.1, 0.15) is 56.2 Å². The van der Waals surface area contributed by atoms with Gasteiger partial charge in [0.2, 0.25) is 5.88 Å². The van der Waals surface area contributed by atoms with Crippen molar-refractivity contribution in [2.45, 2.75) is 57.2 Å². The minimum atomic E-state index is -0.0457. The Labute approximate surface area is 195 Å². The Hall–Kier alpha value is -2.03. The standard InChI is InChI=1S/C23H30N4O2.HI/c1-3-24-22(26-16-17-9-8-14-25-21(17)28-2)27-19-15-23(12-6-7-13-23)29-20-11-5-4-10-18(19)20;/h4-5,8-11,14,19H,3,6-7,12-13,15-16H2,1-2H3,(H2,24,26,27);1H. The lowest BCUT2D eigenvalue weighted by molar-refractivity contribution is 0.0396. The van der Waals surface area contributed by atoms with E-state index in [2.05, 4.69) is 46.8 Å². The fraction of sp³-hybridized carbons (Fsp3) is 0.478. The molecule has 1 fully saturated rings. The zero-order valence-corrected chi connectivity index (χ0v) is 20.0. The molecule has 0 bridgehead atoms. The summed E-state index contributed by atoms with van der Waals surface area (Å²) in [6, 6.07) is 12.5. The molecule has 162 valence electrons. The number of para-hydroxylation sites is 1. The number of hydrogen-bond donors (Lipinski definition) is 2. The molecule has 4 rings (SSSR count). The number of hydrogen-bond acceptors (Lipinski definition) is 4. The molecule has 2 aromatic rings. The number of rotatable bonds is 5. The summed E-state index contributed by atoms with van der Waals surface area (Å²) >= 11 is 0. The number of nitrogens with zero attached hydrogens (tertiary/aromatic N) is 2. The molecule has 1 unspecified atom stereocenters. The molecule has 0 amide bonds. The number of benzene rings is 1. The predicted molar refractivity (Wildman–Crippen MR) is 130 cm³/mol. The first-order chi connectivity index (χ1) is 14.2. The minimum Gasteiger partial charge on any atom is -0.487 e. The highest BCUT2D eigenvalue weighted by atomic mass is 127. The molecule has 1 saturated carbocycles. The summed E-state index contributed by atoms with van der Waals surface area (Å²) in [4.78, 5) is 9.07. The van der Waals surface area contributed by atoms with Crippen LogP contribution in [-0.4, -0.2) is 30.2 Å². The summed E-state index contributed by atoms with van der Waals surface area (Å²) in [6.07, 6.45) is 7.42. The number of aliphatic imine (C=N–C) groups is 1. The molecule has 7 heteroatoms. The Kier molecular flexibility index (Phi) is 7.80. The molecule has 1 aromatic heterocycles. The maximum atomic E-state index is 6.49. The minimum absolute atomic E-state index is 0. The zero-order chi connectivity index (χ0) is 20.1. The lowest BCUT2D eigenvalue weighted by atomic mass is 9.86. The highest BCUT2D eigenvalue weighted by Gasteiger charge is 2.43. The molecule has 2 N–H and O–H groups in total. The third-order valence-electron chi connectivity index (χ3n) is 5.82. The van der Waals surface area contributed by atoms with Gasteiger partial charge in [-0.25, -0.2) is 9.98 Å². The number of halogens is 1. The predicted octanol–water partition coefficient (Wildman–Crippen LogP) is 4.60. The van der Waals surface area contributed by atoms with Gasteiger partial charge in [-0.3, -0.25) is 0 Å². The van der Waals surface area contributed by atoms with Crippen molar-refractivity contribution in [2.24, 2.45) is 4.99 Å². The Morgan fingerprint density at radius 3 is 2.80 bits per heavy atom. The quantitative estimate of drug-likeness (QED) is 0.342. The zero-order valence-electron chi connectivity index (χ0n) is 17.7. The largest absolute Gasteiger partial charge is 0.487 e. The van der Waals surface area contributed by atoms with Gasteiger partial charge in [-0.05, 0) is 44.7 Å². The fourth-order valence-electron chi connectivity index (χ4n) is 4.45. The van der Waals surface area contributed by atoms with Crippen LogP contribution in [0.2, 0.25) is 0 Å². The van der Waals surface area contributed by atoms with Gasteiger partial charge >= 0.3 is 0 Å². The molecule has 0 radical (unpaired) electrons. The van der Waals surface area contributed by atoms with Crippen molar-refractivity contribution in [3.05, 3.63) is 53.7 Å². The van der Waals surface area contributed by atoms with E-state index in [0.29, 0.717) is 12.4 Å². The van der Waals surface area contributed by atoms with Gasteiger partial charge in [-0.1, -0.05) is 24.3 Å². The summed E-state index contributed by atoms with van der Waals surface area (Å²) < 4.78 is 11.8. The summed E-state index contributed by atoms with van der Waals surface area (Å²) in [5.74, 6) is 2.42. The van der Waals surface area contributed by atoms with E-state index in [1.165, 1.54) is 18.4 Å². The van der Waals surface area contributed by atoms with Crippen molar-refractivity contribution in [3.63, 3.8) is 0 Å². The third-order valence-corrected chi connectivity index (χ3v) is 5.82. The van der Waals surface area contributed by atoms with Crippen LogP contribution in [0.25, 0.3) is 0 Å². The van der Waals surface area contributed by atoms with E-state index in [-0.39, 0.29) is 35.6 Å². The van der Waals surface area contributed by atoms with Crippen molar-refractivity contribution in [2.75, 3.05) is 13.7 Å². The first kappa shape index (κ1) is 22.7. The normalized spacial score (nSPS) is 19.4. The molecule has 1 aliphatic heterocycles. The molecule has 1 aromatic carbocycles. The van der Waals surface area contributed by atoms with Gasteiger partial charge in [0, 0.05) is 30.3 Å². The monoisotopic (exact) mass is 522 g/mol. The van der Waals surface area contributed by atoms with Crippen LogP contribution < -0.4 is 20.1 Å². The van der Waals surface area contributed by atoms with Crippen LogP contribution >= 0.6 is 24.0 Å². The molecule has 1 atom stereocenters. The smallest absolute Gasteiger partial charge is 0.218 e. The molecule has 2 heterocycles. The summed E-state index contributed by atoms with van der Waals surface area (Å²) in [7, 11) is 1.64. The SMILES string of the molecule is CCNC(=NCc1cccnc1OC)NC1CC2(CCCC2)Oc2ccccc21.I. The average molecular weight is 522 g/mol. The van der Waals surface area contributed by atoms with Gasteiger partial charge in [-0.2, -0.15) is 0 Å². The highest BCUT2D eigenvalue weighted by molar-refractivity contribution is 14.0. The Balaban J connectivity index is 0.00000256. The number of methoxy groups -OCH3 is 1. The molecule has 2 aliphatic rings. The second-order valence-corrected chi connectivity index (χ2v) is 7.80. The van der Waals surface area contributed by atoms with Crippen molar-refractivity contribution >= 4 is 29.9 Å². The van der Waals surface area contributed by atoms with E-state index in [9.17, 15) is 0 Å². The number of nitrogens with one attached hydrogen (secondary N) is 2. The van der Waals surface area contributed by atoms with Crippen LogP contribution in [0, 0.1) is 0 Å². The molecule has 1 spiro atoms. The average Bonchev–Trinajstić information content (AvgIpc) is 3.19. The Morgan fingerprint density at radius 1 is 1.23 bits per heavy atom. The maximum Gasteiger partial charge on any atom is 0.218 e. The molecular weight excluding hydrogens is 491 g/mol. The third kappa shape index (κ3) is 4.99. The number of guanidine groups is 1. The van der Waals surface area contributed by atoms with E-state index in [1.54, 1.807) is 13.3 Å². The second-order valence-electron chi connectivity index (χ2n) is 7.80. The van der Waals surface area contributed by atoms with Crippen molar-refractivity contribution in [1.29, 1.82) is 0 Å². The van der Waals surface area contributed by atoms with E-state index < -0.39 is 0 Å². The lowest BCUT2D eigenvalue weighted by Crippen LogP contribution is -2.46. The van der Waals surface area contributed by atoms with Gasteiger partial charge in [0.15, 0.2) is 5.96 Å². The van der Waals surface area contributed by atoms with Gasteiger partial charge in [0.1, 0.15) is 11.4 Å². The van der Waals surface area contributed by atoms with E-state index in [0.717, 1.165) is 43.1 Å². The first-order valence-electron chi connectivity index (χ1n) is 10.5. The Morgan fingerprint density at radius 2 is 2.03 bits per heavy atom. The topological polar surface area (TPSA) is 67.8 Å². The number of ether oxygens (including phenoxy) is 2. The second kappa shape index (κ2) is 10.3. The number of pyridine rings is 1. The van der Waals surface area contributed by atoms with Crippen LogP contribution in [-0.2, 0) is 6.54 Å². The Bertz CT molecular complexity index is 868. The van der Waals surface area contributed by atoms with Crippen LogP contribution in [0.5, 0.6) is 11.6 Å². The van der Waals surface area contributed by atoms with E-state index in [1.807, 2.05) is 12.1 Å². The maximum absolute atomic E-state index is 6.49. The van der Waals surface area contributed by atoms with E-state index in [4.69, 9.17) is 14.5 Å². The summed E-state index contributed by atoms with van der Waals surface area (Å²) in [5.41, 5.74) is 2.12. The van der Waals surface area contributed by atoms with Crippen molar-refractivity contribution in [1.82, 2.24) is 15.6 Å². The van der Waals surface area contributed by atoms with Gasteiger partial charge in [0.25, 0.3) is 0 Å². The van der Waals surface area contributed by atoms with Crippen molar-refractivity contribution in [3.8, 4) is 11.6 Å². The molecule has 6 nitrogen and oxygen atoms in total. The van der Waals surface area contributed by atoms with Crippen LogP contribution in [0.15, 0.2) is 47.6 Å². The summed E-state index contributed by atoms with van der Waals surface area (Å²) in [5, 5.41) is 7.05. The molecule has 1 aliphatic carbocycles. The highest BCUT2D eigenvalue weighted by Crippen LogP contribution is 2.46. The van der Waals surface area contributed by atoms with Crippen LogP contribution in [0.4, 0.5) is 0 Å². The first-order valence-corrected chi connectivity index (χ1v) is 10.5. The van der Waals surface area contributed by atoms with Gasteiger partial charge in [-0.15, -0.1) is 24.0 Å². The van der Waals surface area contributed by atoms with Crippen molar-refractivity contribution < 1.29 is 9.47 Å². The van der Waals surface area contributed by atoms with E-state index >= 15 is 0 Å². The molecular formula is C23H31IN4O2. The van der Waals surface area contributed by atoms with Gasteiger partial charge in [0.05, 0.1) is 19.7 Å². The summed E-state index contributed by atoms with van der Waals surface area (Å²) in [6.45, 7) is 3.38. The molecule has 30 heavy (non-hydrogen) atoms. The fourth-order valence-corrected chi connectivity index (χ4v) is 4.45. The van der Waals surface area contributed by atoms with Gasteiger partial charge < -0.3 is 20.1 Å². The number of fused-ring (bicyclic) bond motifs is 1. The lowest BCUT2D eigenvalue weighted by Gasteiger charge is -2.40. The number of aromatic nitrogens is 1. The molecule has 0 saturated heterocycles. The van der Waals surface area contributed by atoms with Crippen LogP contribution in [0.3, 0.4) is 0 Å².